The van der Waals surface area contributed by atoms with E-state index in [0.29, 0.717) is 0 Å². The molecule has 22 heavy (non-hydrogen) atoms. The number of halogens is 1. The Morgan fingerprint density at radius 2 is 1.77 bits per heavy atom. The SMILES string of the molecule is CC(C)n1cc(B2OC(C)(C)C(C)(C)O2)c2cc(F)cnc21. The fourth-order valence-electron chi connectivity index (χ4n) is 2.68. The van der Waals surface area contributed by atoms with Crippen LogP contribution in [0.5, 0.6) is 0 Å². The molecule has 1 aliphatic heterocycles. The van der Waals surface area contributed by atoms with Gasteiger partial charge in [-0.25, -0.2) is 9.37 Å². The van der Waals surface area contributed by atoms with Crippen LogP contribution in [0, 0.1) is 5.82 Å². The summed E-state index contributed by atoms with van der Waals surface area (Å²) < 4.78 is 27.9. The van der Waals surface area contributed by atoms with E-state index < -0.39 is 18.3 Å². The molecule has 0 aromatic carbocycles. The van der Waals surface area contributed by atoms with Gasteiger partial charge in [0.25, 0.3) is 0 Å². The van der Waals surface area contributed by atoms with Crippen molar-refractivity contribution in [2.75, 3.05) is 0 Å². The average Bonchev–Trinajstić information content (AvgIpc) is 2.84. The van der Waals surface area contributed by atoms with Gasteiger partial charge in [0.15, 0.2) is 0 Å². The van der Waals surface area contributed by atoms with Crippen LogP contribution in [0.2, 0.25) is 0 Å². The molecular weight excluding hydrogens is 282 g/mol. The number of rotatable bonds is 2. The molecule has 0 aliphatic carbocycles. The molecule has 3 rings (SSSR count). The third kappa shape index (κ3) is 2.25. The lowest BCUT2D eigenvalue weighted by Gasteiger charge is -2.32. The van der Waals surface area contributed by atoms with Gasteiger partial charge in [0.2, 0.25) is 0 Å². The van der Waals surface area contributed by atoms with Crippen LogP contribution in [0.25, 0.3) is 11.0 Å². The Labute approximate surface area is 130 Å². The van der Waals surface area contributed by atoms with Gasteiger partial charge in [-0.2, -0.15) is 0 Å². The second kappa shape index (κ2) is 4.80. The molecule has 1 saturated heterocycles. The van der Waals surface area contributed by atoms with Gasteiger partial charge >= 0.3 is 7.12 Å². The molecule has 0 spiro atoms. The molecule has 0 atom stereocenters. The van der Waals surface area contributed by atoms with E-state index in [1.807, 2.05) is 38.5 Å². The van der Waals surface area contributed by atoms with E-state index in [-0.39, 0.29) is 11.9 Å². The Hall–Kier alpha value is -1.40. The molecule has 0 amide bonds. The highest BCUT2D eigenvalue weighted by Gasteiger charge is 2.52. The predicted molar refractivity (Wildman–Crippen MR) is 85.8 cm³/mol. The number of fused-ring (bicyclic) bond motifs is 1. The Bertz CT molecular complexity index is 708. The Morgan fingerprint density at radius 3 is 2.32 bits per heavy atom. The summed E-state index contributed by atoms with van der Waals surface area (Å²) in [7, 11) is -0.518. The minimum atomic E-state index is -0.518. The first-order valence-corrected chi connectivity index (χ1v) is 7.64. The zero-order valence-corrected chi connectivity index (χ0v) is 14.0. The number of hydrogen-bond acceptors (Lipinski definition) is 3. The number of pyridine rings is 1. The van der Waals surface area contributed by atoms with Gasteiger partial charge in [0.05, 0.1) is 17.4 Å². The normalized spacial score (nSPS) is 20.3. The molecule has 1 fully saturated rings. The molecule has 0 radical (unpaired) electrons. The first kappa shape index (κ1) is 15.5. The van der Waals surface area contributed by atoms with Crippen LogP contribution >= 0.6 is 0 Å². The van der Waals surface area contributed by atoms with Crippen molar-refractivity contribution >= 4 is 23.6 Å². The molecule has 2 aromatic heterocycles. The number of aromatic nitrogens is 2. The van der Waals surface area contributed by atoms with Gasteiger partial charge in [0.1, 0.15) is 11.5 Å². The minimum absolute atomic E-state index is 0.219. The van der Waals surface area contributed by atoms with Crippen molar-refractivity contribution in [3.05, 3.63) is 24.3 Å². The summed E-state index contributed by atoms with van der Waals surface area (Å²) in [4.78, 5) is 4.24. The average molecular weight is 304 g/mol. The molecule has 0 N–H and O–H groups in total. The summed E-state index contributed by atoms with van der Waals surface area (Å²) in [5.74, 6) is -0.355. The maximum atomic E-state index is 13.7. The van der Waals surface area contributed by atoms with Crippen molar-refractivity contribution in [2.45, 2.75) is 58.8 Å². The van der Waals surface area contributed by atoms with Crippen LogP contribution in [-0.4, -0.2) is 27.9 Å². The predicted octanol–water partition coefficient (Wildman–Crippen LogP) is 3.06. The van der Waals surface area contributed by atoms with E-state index >= 15 is 0 Å². The Kier molecular flexibility index (Phi) is 3.38. The lowest BCUT2D eigenvalue weighted by molar-refractivity contribution is 0.00578. The second-order valence-electron chi connectivity index (χ2n) is 7.20. The molecule has 3 heterocycles. The van der Waals surface area contributed by atoms with Gasteiger partial charge in [-0.15, -0.1) is 0 Å². The van der Waals surface area contributed by atoms with Crippen LogP contribution < -0.4 is 5.46 Å². The summed E-state index contributed by atoms with van der Waals surface area (Å²) in [6, 6.07) is 1.72. The zero-order chi connectivity index (χ0) is 16.3. The van der Waals surface area contributed by atoms with Crippen molar-refractivity contribution in [3.8, 4) is 0 Å². The van der Waals surface area contributed by atoms with E-state index in [4.69, 9.17) is 9.31 Å². The van der Waals surface area contributed by atoms with E-state index in [9.17, 15) is 4.39 Å². The van der Waals surface area contributed by atoms with Crippen molar-refractivity contribution in [3.63, 3.8) is 0 Å². The van der Waals surface area contributed by atoms with Crippen molar-refractivity contribution in [2.24, 2.45) is 0 Å². The fraction of sp³-hybridized carbons (Fsp3) is 0.562. The highest BCUT2D eigenvalue weighted by Crippen LogP contribution is 2.37. The smallest absolute Gasteiger partial charge is 0.399 e. The Morgan fingerprint density at radius 1 is 1.18 bits per heavy atom. The Balaban J connectivity index is 2.14. The van der Waals surface area contributed by atoms with Crippen LogP contribution in [0.1, 0.15) is 47.6 Å². The largest absolute Gasteiger partial charge is 0.497 e. The molecule has 0 saturated carbocycles. The van der Waals surface area contributed by atoms with Gasteiger partial charge in [-0.1, -0.05) is 0 Å². The first-order valence-electron chi connectivity index (χ1n) is 7.64. The van der Waals surface area contributed by atoms with Crippen LogP contribution in [0.3, 0.4) is 0 Å². The van der Waals surface area contributed by atoms with Gasteiger partial charge in [-0.05, 0) is 47.6 Å². The summed E-state index contributed by atoms with van der Waals surface area (Å²) >= 11 is 0. The van der Waals surface area contributed by atoms with E-state index in [1.54, 1.807) is 0 Å². The third-order valence-corrected chi connectivity index (χ3v) is 4.73. The maximum Gasteiger partial charge on any atom is 0.497 e. The second-order valence-corrected chi connectivity index (χ2v) is 7.20. The molecule has 2 aromatic rings. The highest BCUT2D eigenvalue weighted by molar-refractivity contribution is 6.65. The molecule has 4 nitrogen and oxygen atoms in total. The molecular formula is C16H22BFN2O2. The number of nitrogens with zero attached hydrogens (tertiary/aromatic N) is 2. The maximum absolute atomic E-state index is 13.7. The lowest BCUT2D eigenvalue weighted by Crippen LogP contribution is -2.41. The first-order chi connectivity index (χ1) is 10.1. The fourth-order valence-corrected chi connectivity index (χ4v) is 2.68. The molecule has 118 valence electrons. The number of hydrogen-bond donors (Lipinski definition) is 0. The van der Waals surface area contributed by atoms with Crippen molar-refractivity contribution in [1.82, 2.24) is 9.55 Å². The molecule has 0 unspecified atom stereocenters. The summed E-state index contributed by atoms with van der Waals surface area (Å²) in [6.45, 7) is 12.2. The molecule has 0 bridgehead atoms. The van der Waals surface area contributed by atoms with Crippen LogP contribution in [0.15, 0.2) is 18.5 Å². The summed E-state index contributed by atoms with van der Waals surface area (Å²) in [6.07, 6.45) is 3.21. The van der Waals surface area contributed by atoms with Crippen molar-refractivity contribution < 1.29 is 13.7 Å². The van der Waals surface area contributed by atoms with Crippen molar-refractivity contribution in [1.29, 1.82) is 0 Å². The van der Waals surface area contributed by atoms with E-state index in [0.717, 1.165) is 16.5 Å². The summed E-state index contributed by atoms with van der Waals surface area (Å²) in [5, 5.41) is 0.743. The quantitative estimate of drug-likeness (QED) is 0.800. The summed E-state index contributed by atoms with van der Waals surface area (Å²) in [5.41, 5.74) is 0.727. The minimum Gasteiger partial charge on any atom is -0.399 e. The third-order valence-electron chi connectivity index (χ3n) is 4.73. The highest BCUT2D eigenvalue weighted by atomic mass is 19.1. The zero-order valence-electron chi connectivity index (χ0n) is 14.0. The standard InChI is InChI=1S/C16H22BFN2O2/c1-10(2)20-9-13(12-7-11(18)8-19-14(12)20)17-21-15(3,4)16(5,6)22-17/h7-10H,1-6H3. The van der Waals surface area contributed by atoms with E-state index in [2.05, 4.69) is 18.8 Å². The molecule has 6 heteroatoms. The van der Waals surface area contributed by atoms with Crippen LogP contribution in [0.4, 0.5) is 4.39 Å². The van der Waals surface area contributed by atoms with Crippen LogP contribution in [-0.2, 0) is 9.31 Å². The van der Waals surface area contributed by atoms with E-state index in [1.165, 1.54) is 12.3 Å². The monoisotopic (exact) mass is 304 g/mol. The van der Waals surface area contributed by atoms with Gasteiger partial charge in [-0.3, -0.25) is 0 Å². The topological polar surface area (TPSA) is 36.3 Å². The lowest BCUT2D eigenvalue weighted by atomic mass is 9.79. The van der Waals surface area contributed by atoms with Gasteiger partial charge < -0.3 is 13.9 Å². The molecule has 1 aliphatic rings. The van der Waals surface area contributed by atoms with Gasteiger partial charge in [0, 0.05) is 23.1 Å².